The van der Waals surface area contributed by atoms with Crippen molar-refractivity contribution in [3.05, 3.63) is 57.8 Å². The van der Waals surface area contributed by atoms with Gasteiger partial charge in [-0.2, -0.15) is 0 Å². The Labute approximate surface area is 122 Å². The number of hydrogen-bond donors (Lipinski definition) is 1. The minimum Gasteiger partial charge on any atom is -0.495 e. The number of benzene rings is 1. The molecule has 0 radical (unpaired) electrons. The van der Waals surface area contributed by atoms with Crippen LogP contribution in [-0.4, -0.2) is 19.1 Å². The second-order valence-corrected chi connectivity index (χ2v) is 4.83. The van der Waals surface area contributed by atoms with Gasteiger partial charge in [0.25, 0.3) is 0 Å². The molecule has 1 heterocycles. The number of rotatable bonds is 4. The summed E-state index contributed by atoms with van der Waals surface area (Å²) in [6.07, 6.45) is 3.42. The molecule has 0 saturated heterocycles. The lowest BCUT2D eigenvalue weighted by Crippen LogP contribution is -2.18. The summed E-state index contributed by atoms with van der Waals surface area (Å²) in [5.74, 6) is 0.695. The first-order valence-corrected chi connectivity index (χ1v) is 6.53. The third kappa shape index (κ3) is 3.00. The largest absolute Gasteiger partial charge is 0.495 e. The Morgan fingerprint density at radius 3 is 2.47 bits per heavy atom. The highest BCUT2D eigenvalue weighted by Gasteiger charge is 2.19. The number of hydrogen-bond acceptors (Lipinski definition) is 3. The van der Waals surface area contributed by atoms with E-state index in [1.807, 2.05) is 31.3 Å². The molecule has 0 spiro atoms. The maximum Gasteiger partial charge on any atom is 0.137 e. The number of aromatic nitrogens is 1. The molecule has 1 atom stereocenters. The molecular formula is C14H14Cl2N2O. The van der Waals surface area contributed by atoms with Crippen molar-refractivity contribution in [1.29, 1.82) is 0 Å². The lowest BCUT2D eigenvalue weighted by atomic mass is 10.00. The summed E-state index contributed by atoms with van der Waals surface area (Å²) in [7, 11) is 3.46. The third-order valence-electron chi connectivity index (χ3n) is 2.88. The average molecular weight is 297 g/mol. The monoisotopic (exact) mass is 296 g/mol. The van der Waals surface area contributed by atoms with E-state index in [1.54, 1.807) is 19.5 Å². The van der Waals surface area contributed by atoms with Gasteiger partial charge in [0.1, 0.15) is 5.75 Å². The molecule has 0 amide bonds. The Bertz CT molecular complexity index is 555. The van der Waals surface area contributed by atoms with E-state index in [4.69, 9.17) is 27.9 Å². The van der Waals surface area contributed by atoms with Gasteiger partial charge in [0, 0.05) is 21.8 Å². The molecule has 0 fully saturated rings. The highest BCUT2D eigenvalue weighted by molar-refractivity contribution is 6.36. The van der Waals surface area contributed by atoms with Crippen LogP contribution in [0.1, 0.15) is 17.2 Å². The Morgan fingerprint density at radius 2 is 1.89 bits per heavy atom. The van der Waals surface area contributed by atoms with Gasteiger partial charge in [0.05, 0.1) is 19.3 Å². The van der Waals surface area contributed by atoms with Crippen LogP contribution in [0.2, 0.25) is 10.0 Å². The van der Waals surface area contributed by atoms with Gasteiger partial charge < -0.3 is 10.1 Å². The zero-order valence-electron chi connectivity index (χ0n) is 10.7. The van der Waals surface area contributed by atoms with E-state index < -0.39 is 0 Å². The molecule has 5 heteroatoms. The van der Waals surface area contributed by atoms with Crippen molar-refractivity contribution >= 4 is 23.2 Å². The van der Waals surface area contributed by atoms with E-state index in [2.05, 4.69) is 10.3 Å². The molecule has 0 aliphatic heterocycles. The van der Waals surface area contributed by atoms with Gasteiger partial charge >= 0.3 is 0 Å². The number of pyridine rings is 1. The average Bonchev–Trinajstić information content (AvgIpc) is 2.43. The van der Waals surface area contributed by atoms with Crippen LogP contribution in [0.15, 0.2) is 36.7 Å². The van der Waals surface area contributed by atoms with Gasteiger partial charge in [-0.15, -0.1) is 0 Å². The van der Waals surface area contributed by atoms with E-state index >= 15 is 0 Å². The second-order valence-electron chi connectivity index (χ2n) is 4.02. The van der Waals surface area contributed by atoms with Crippen LogP contribution in [0.4, 0.5) is 0 Å². The number of nitrogens with one attached hydrogen (secondary N) is 1. The van der Waals surface area contributed by atoms with Crippen LogP contribution in [0.3, 0.4) is 0 Å². The highest BCUT2D eigenvalue weighted by Crippen LogP contribution is 2.34. The third-order valence-corrected chi connectivity index (χ3v) is 3.54. The summed E-state index contributed by atoms with van der Waals surface area (Å²) >= 11 is 12.5. The van der Waals surface area contributed by atoms with E-state index in [0.29, 0.717) is 15.8 Å². The van der Waals surface area contributed by atoms with Gasteiger partial charge in [-0.1, -0.05) is 29.3 Å². The van der Waals surface area contributed by atoms with Crippen molar-refractivity contribution in [2.75, 3.05) is 14.2 Å². The summed E-state index contributed by atoms with van der Waals surface area (Å²) in [5, 5.41) is 4.44. The standard InChI is InChI=1S/C14H14Cl2N2O/c1-17-14(9-6-10(19-2)8-18-7-9)13-11(15)4-3-5-12(13)16/h3-8,14,17H,1-2H3. The minimum absolute atomic E-state index is 0.135. The molecule has 3 nitrogen and oxygen atoms in total. The fraction of sp³-hybridized carbons (Fsp3) is 0.214. The first-order chi connectivity index (χ1) is 9.17. The van der Waals surface area contributed by atoms with Crippen LogP contribution < -0.4 is 10.1 Å². The number of methoxy groups -OCH3 is 1. The number of nitrogens with zero attached hydrogens (tertiary/aromatic N) is 1. The first-order valence-electron chi connectivity index (χ1n) is 5.77. The zero-order chi connectivity index (χ0) is 13.8. The van der Waals surface area contributed by atoms with Gasteiger partial charge in [-0.05, 0) is 30.8 Å². The summed E-state index contributed by atoms with van der Waals surface area (Å²) < 4.78 is 5.19. The molecule has 1 aromatic heterocycles. The molecule has 2 rings (SSSR count). The van der Waals surface area contributed by atoms with Gasteiger partial charge in [0.2, 0.25) is 0 Å². The SMILES string of the molecule is CNC(c1cncc(OC)c1)c1c(Cl)cccc1Cl. The maximum absolute atomic E-state index is 6.25. The predicted octanol–water partition coefficient (Wildman–Crippen LogP) is 3.71. The molecule has 1 unspecified atom stereocenters. The quantitative estimate of drug-likeness (QED) is 0.934. The zero-order valence-corrected chi connectivity index (χ0v) is 12.2. The molecule has 1 aromatic carbocycles. The van der Waals surface area contributed by atoms with E-state index in [0.717, 1.165) is 11.1 Å². The van der Waals surface area contributed by atoms with Gasteiger partial charge in [-0.25, -0.2) is 0 Å². The van der Waals surface area contributed by atoms with E-state index in [1.165, 1.54) is 0 Å². The Balaban J connectivity index is 2.50. The summed E-state index contributed by atoms with van der Waals surface area (Å²) in [5.41, 5.74) is 1.78. The fourth-order valence-corrected chi connectivity index (χ4v) is 2.58. The van der Waals surface area contributed by atoms with Gasteiger partial charge in [-0.3, -0.25) is 4.98 Å². The Hall–Kier alpha value is -1.29. The van der Waals surface area contributed by atoms with Crippen molar-refractivity contribution in [1.82, 2.24) is 10.3 Å². The van der Waals surface area contributed by atoms with Crippen LogP contribution in [0.5, 0.6) is 5.75 Å². The normalized spacial score (nSPS) is 12.2. The molecule has 0 bridgehead atoms. The smallest absolute Gasteiger partial charge is 0.137 e. The molecule has 0 aliphatic carbocycles. The molecular weight excluding hydrogens is 283 g/mol. The summed E-state index contributed by atoms with van der Waals surface area (Å²) in [6, 6.07) is 7.24. The molecule has 19 heavy (non-hydrogen) atoms. The minimum atomic E-state index is -0.135. The van der Waals surface area contributed by atoms with E-state index in [-0.39, 0.29) is 6.04 Å². The first kappa shape index (κ1) is 14.1. The maximum atomic E-state index is 6.25. The van der Waals surface area contributed by atoms with Gasteiger partial charge in [0.15, 0.2) is 0 Å². The fourth-order valence-electron chi connectivity index (χ4n) is 1.97. The number of halogens is 2. The number of ether oxygens (including phenoxy) is 1. The lowest BCUT2D eigenvalue weighted by Gasteiger charge is -2.20. The van der Waals surface area contributed by atoms with Crippen molar-refractivity contribution in [3.63, 3.8) is 0 Å². The Morgan fingerprint density at radius 1 is 1.21 bits per heavy atom. The molecule has 1 N–H and O–H groups in total. The highest BCUT2D eigenvalue weighted by atomic mass is 35.5. The molecule has 0 saturated carbocycles. The molecule has 0 aliphatic rings. The molecule has 100 valence electrons. The lowest BCUT2D eigenvalue weighted by molar-refractivity contribution is 0.411. The van der Waals surface area contributed by atoms with Crippen molar-refractivity contribution in [3.8, 4) is 5.75 Å². The van der Waals surface area contributed by atoms with Crippen molar-refractivity contribution in [2.45, 2.75) is 6.04 Å². The second kappa shape index (κ2) is 6.24. The van der Waals surface area contributed by atoms with Crippen LogP contribution in [0.25, 0.3) is 0 Å². The van der Waals surface area contributed by atoms with Crippen LogP contribution in [0, 0.1) is 0 Å². The Kier molecular flexibility index (Phi) is 4.64. The van der Waals surface area contributed by atoms with Crippen molar-refractivity contribution < 1.29 is 4.74 Å². The predicted molar refractivity (Wildman–Crippen MR) is 78.2 cm³/mol. The van der Waals surface area contributed by atoms with E-state index in [9.17, 15) is 0 Å². The topological polar surface area (TPSA) is 34.2 Å². The van der Waals surface area contributed by atoms with Crippen LogP contribution in [-0.2, 0) is 0 Å². The van der Waals surface area contributed by atoms with Crippen molar-refractivity contribution in [2.24, 2.45) is 0 Å². The van der Waals surface area contributed by atoms with Crippen LogP contribution >= 0.6 is 23.2 Å². The molecule has 2 aromatic rings. The summed E-state index contributed by atoms with van der Waals surface area (Å²) in [6.45, 7) is 0. The summed E-state index contributed by atoms with van der Waals surface area (Å²) in [4.78, 5) is 4.16.